The number of H-pyrrole nitrogens is 1. The van der Waals surface area contributed by atoms with Gasteiger partial charge >= 0.3 is 6.18 Å². The van der Waals surface area contributed by atoms with E-state index in [1.807, 2.05) is 0 Å². The number of halogens is 3. The molecule has 1 heterocycles. The standard InChI is InChI=1S/C9H10F3N3/c1-2-3-6-7(4-5-13)15-8(14-6)9(10,11)12/h2-4H,1,5,13H2,(H,14,15)/b6-3+,7-4+. The highest BCUT2D eigenvalue weighted by atomic mass is 19.4. The van der Waals surface area contributed by atoms with E-state index >= 15 is 0 Å². The van der Waals surface area contributed by atoms with Gasteiger partial charge in [0.25, 0.3) is 0 Å². The predicted octanol–water partition coefficient (Wildman–Crippen LogP) is 0.134. The molecule has 0 atom stereocenters. The number of hydrogen-bond donors (Lipinski definition) is 2. The van der Waals surface area contributed by atoms with Crippen molar-refractivity contribution in [1.29, 1.82) is 0 Å². The Morgan fingerprint density at radius 1 is 1.47 bits per heavy atom. The molecule has 1 rings (SSSR count). The summed E-state index contributed by atoms with van der Waals surface area (Å²) in [6, 6.07) is 0. The summed E-state index contributed by atoms with van der Waals surface area (Å²) in [5, 5.41) is 0.438. The van der Waals surface area contributed by atoms with Crippen molar-refractivity contribution in [1.82, 2.24) is 9.97 Å². The summed E-state index contributed by atoms with van der Waals surface area (Å²) in [6.45, 7) is 3.52. The Hall–Kier alpha value is -1.56. The maximum atomic E-state index is 12.3. The second-order valence-corrected chi connectivity index (χ2v) is 2.72. The number of aromatic amines is 1. The van der Waals surface area contributed by atoms with Gasteiger partial charge in [-0.15, -0.1) is 0 Å². The second kappa shape index (κ2) is 4.31. The molecule has 1 aromatic rings. The zero-order valence-electron chi connectivity index (χ0n) is 7.80. The molecule has 0 aliphatic heterocycles. The zero-order valence-corrected chi connectivity index (χ0v) is 7.80. The van der Waals surface area contributed by atoms with E-state index in [2.05, 4.69) is 16.5 Å². The molecule has 0 unspecified atom stereocenters. The molecule has 0 fully saturated rings. The molecule has 82 valence electrons. The first-order chi connectivity index (χ1) is 6.99. The van der Waals surface area contributed by atoms with Gasteiger partial charge in [0.05, 0.1) is 10.7 Å². The van der Waals surface area contributed by atoms with E-state index in [0.29, 0.717) is 0 Å². The average molecular weight is 217 g/mol. The SMILES string of the molecule is C=C/C=c1/[nH]c(C(F)(F)F)n/c1=C/CN. The van der Waals surface area contributed by atoms with Gasteiger partial charge in [0.15, 0.2) is 0 Å². The van der Waals surface area contributed by atoms with Crippen LogP contribution in [0, 0.1) is 0 Å². The maximum absolute atomic E-state index is 12.3. The van der Waals surface area contributed by atoms with Crippen LogP contribution >= 0.6 is 0 Å². The van der Waals surface area contributed by atoms with Crippen LogP contribution < -0.4 is 16.4 Å². The first kappa shape index (κ1) is 11.5. The number of rotatable bonds is 2. The summed E-state index contributed by atoms with van der Waals surface area (Å²) < 4.78 is 36.8. The van der Waals surface area contributed by atoms with Crippen molar-refractivity contribution in [2.45, 2.75) is 6.18 Å². The van der Waals surface area contributed by atoms with Gasteiger partial charge in [-0.2, -0.15) is 13.2 Å². The van der Waals surface area contributed by atoms with Gasteiger partial charge in [-0.25, -0.2) is 4.98 Å². The van der Waals surface area contributed by atoms with Crippen LogP contribution in [-0.4, -0.2) is 16.5 Å². The van der Waals surface area contributed by atoms with Crippen LogP contribution in [0.4, 0.5) is 13.2 Å². The number of hydrogen-bond acceptors (Lipinski definition) is 2. The lowest BCUT2D eigenvalue weighted by Crippen LogP contribution is -2.25. The van der Waals surface area contributed by atoms with Crippen LogP contribution in [0.15, 0.2) is 12.7 Å². The zero-order chi connectivity index (χ0) is 11.5. The minimum absolute atomic E-state index is 0.125. The molecule has 6 heteroatoms. The molecule has 0 aliphatic rings. The molecule has 0 aliphatic carbocycles. The molecule has 0 saturated heterocycles. The van der Waals surface area contributed by atoms with Crippen molar-refractivity contribution < 1.29 is 13.2 Å². The Morgan fingerprint density at radius 2 is 2.13 bits per heavy atom. The van der Waals surface area contributed by atoms with Crippen molar-refractivity contribution in [2.24, 2.45) is 5.73 Å². The monoisotopic (exact) mass is 217 g/mol. The Kier molecular flexibility index (Phi) is 3.31. The fraction of sp³-hybridized carbons (Fsp3) is 0.222. The van der Waals surface area contributed by atoms with E-state index in [1.165, 1.54) is 18.2 Å². The summed E-state index contributed by atoms with van der Waals surface area (Å²) in [5.41, 5.74) is 5.21. The summed E-state index contributed by atoms with van der Waals surface area (Å²) in [5.74, 6) is -1.03. The molecule has 0 amide bonds. The Balaban J connectivity index is 3.41. The van der Waals surface area contributed by atoms with Crippen molar-refractivity contribution in [3.63, 3.8) is 0 Å². The highest BCUT2D eigenvalue weighted by Crippen LogP contribution is 2.24. The molecular formula is C9H10F3N3. The molecule has 15 heavy (non-hydrogen) atoms. The largest absolute Gasteiger partial charge is 0.449 e. The molecule has 0 bridgehead atoms. The van der Waals surface area contributed by atoms with Crippen LogP contribution in [0.3, 0.4) is 0 Å². The second-order valence-electron chi connectivity index (χ2n) is 2.72. The third-order valence-electron chi connectivity index (χ3n) is 1.63. The van der Waals surface area contributed by atoms with Crippen LogP contribution in [-0.2, 0) is 6.18 Å². The number of aromatic nitrogens is 2. The van der Waals surface area contributed by atoms with E-state index in [9.17, 15) is 13.2 Å². The van der Waals surface area contributed by atoms with Gasteiger partial charge in [-0.3, -0.25) is 0 Å². The molecule has 1 aromatic heterocycles. The molecule has 0 saturated carbocycles. The normalized spacial score (nSPS) is 14.7. The lowest BCUT2D eigenvalue weighted by molar-refractivity contribution is -0.144. The fourth-order valence-electron chi connectivity index (χ4n) is 1.05. The summed E-state index contributed by atoms with van der Waals surface area (Å²) in [7, 11) is 0. The maximum Gasteiger partial charge on any atom is 0.449 e. The topological polar surface area (TPSA) is 54.7 Å². The molecular weight excluding hydrogens is 207 g/mol. The Morgan fingerprint density at radius 3 is 2.60 bits per heavy atom. The van der Waals surface area contributed by atoms with Crippen molar-refractivity contribution in [2.75, 3.05) is 6.54 Å². The summed E-state index contributed by atoms with van der Waals surface area (Å²) >= 11 is 0. The highest BCUT2D eigenvalue weighted by molar-refractivity contribution is 5.35. The van der Waals surface area contributed by atoms with E-state index in [-0.39, 0.29) is 17.2 Å². The van der Waals surface area contributed by atoms with Gasteiger partial charge < -0.3 is 10.7 Å². The van der Waals surface area contributed by atoms with Gasteiger partial charge in [-0.1, -0.05) is 12.7 Å². The van der Waals surface area contributed by atoms with E-state index in [4.69, 9.17) is 5.73 Å². The highest BCUT2D eigenvalue weighted by Gasteiger charge is 2.34. The van der Waals surface area contributed by atoms with E-state index in [0.717, 1.165) is 0 Å². The fourth-order valence-corrected chi connectivity index (χ4v) is 1.05. The lowest BCUT2D eigenvalue weighted by atomic mass is 10.4. The third kappa shape index (κ3) is 2.69. The van der Waals surface area contributed by atoms with Gasteiger partial charge in [-0.05, 0) is 12.2 Å². The quantitative estimate of drug-likeness (QED) is 0.740. The molecule has 3 N–H and O–H groups in total. The lowest BCUT2D eigenvalue weighted by Gasteiger charge is -1.98. The average Bonchev–Trinajstić information content (AvgIpc) is 2.50. The molecule has 3 nitrogen and oxygen atoms in total. The first-order valence-electron chi connectivity index (χ1n) is 4.15. The van der Waals surface area contributed by atoms with Crippen LogP contribution in [0.5, 0.6) is 0 Å². The van der Waals surface area contributed by atoms with Crippen molar-refractivity contribution >= 4 is 12.2 Å². The number of nitrogens with two attached hydrogens (primary N) is 1. The summed E-state index contributed by atoms with van der Waals surface area (Å²) in [4.78, 5) is 5.55. The first-order valence-corrected chi connectivity index (χ1v) is 4.15. The van der Waals surface area contributed by atoms with Crippen LogP contribution in [0.25, 0.3) is 12.2 Å². The minimum atomic E-state index is -4.48. The summed E-state index contributed by atoms with van der Waals surface area (Å²) in [6.07, 6.45) is -0.295. The number of alkyl halides is 3. The predicted molar refractivity (Wildman–Crippen MR) is 51.0 cm³/mol. The smallest absolute Gasteiger partial charge is 0.334 e. The van der Waals surface area contributed by atoms with Gasteiger partial charge in [0.1, 0.15) is 0 Å². The number of nitrogens with zero attached hydrogens (tertiary/aromatic N) is 1. The van der Waals surface area contributed by atoms with E-state index < -0.39 is 12.0 Å². The molecule has 0 aromatic carbocycles. The third-order valence-corrected chi connectivity index (χ3v) is 1.63. The Labute approximate surface area is 83.8 Å². The Bertz CT molecular complexity index is 456. The molecule has 0 spiro atoms. The van der Waals surface area contributed by atoms with Gasteiger partial charge in [0, 0.05) is 6.54 Å². The van der Waals surface area contributed by atoms with E-state index in [1.54, 1.807) is 0 Å². The van der Waals surface area contributed by atoms with Crippen LogP contribution in [0.1, 0.15) is 5.82 Å². The number of imidazole rings is 1. The van der Waals surface area contributed by atoms with Gasteiger partial charge in [0.2, 0.25) is 5.82 Å². The number of allylic oxidation sites excluding steroid dienone is 1. The molecule has 0 radical (unpaired) electrons. The van der Waals surface area contributed by atoms with Crippen molar-refractivity contribution in [3.05, 3.63) is 29.2 Å². The minimum Gasteiger partial charge on any atom is -0.334 e. The number of nitrogens with one attached hydrogen (secondary N) is 1. The van der Waals surface area contributed by atoms with Crippen LogP contribution in [0.2, 0.25) is 0 Å². The van der Waals surface area contributed by atoms with Crippen molar-refractivity contribution in [3.8, 4) is 0 Å².